The van der Waals surface area contributed by atoms with E-state index in [1.807, 2.05) is 67.2 Å². The fraction of sp³-hybridized carbons (Fsp3) is 0.211. The van der Waals surface area contributed by atoms with Gasteiger partial charge in [0.2, 0.25) is 5.91 Å². The lowest BCUT2D eigenvalue weighted by Gasteiger charge is -2.17. The number of benzene rings is 1. The fourth-order valence-corrected chi connectivity index (χ4v) is 3.41. The third-order valence-electron chi connectivity index (χ3n) is 3.69. The van der Waals surface area contributed by atoms with Gasteiger partial charge in [-0.05, 0) is 54.8 Å². The van der Waals surface area contributed by atoms with E-state index in [2.05, 4.69) is 16.0 Å². The number of carbonyl (C=O) groups excluding carboxylic acids is 1. The van der Waals surface area contributed by atoms with Gasteiger partial charge in [0.25, 0.3) is 0 Å². The molecule has 4 nitrogen and oxygen atoms in total. The fourth-order valence-electron chi connectivity index (χ4n) is 2.58. The first-order valence-electron chi connectivity index (χ1n) is 7.95. The Bertz CT molecular complexity index is 715. The Labute approximate surface area is 145 Å². The van der Waals surface area contributed by atoms with E-state index in [0.717, 1.165) is 11.4 Å². The molecule has 2 aromatic heterocycles. The molecule has 0 unspecified atom stereocenters. The highest BCUT2D eigenvalue weighted by Gasteiger charge is 2.18. The topological polar surface area (TPSA) is 43.3 Å². The second kappa shape index (κ2) is 7.84. The number of hydrogen-bond acceptors (Lipinski definition) is 3. The first-order chi connectivity index (χ1) is 11.8. The number of carbonyl (C=O) groups is 1. The Morgan fingerprint density at radius 2 is 1.92 bits per heavy atom. The molecule has 1 atom stereocenters. The molecular formula is C19H20N2O2S. The van der Waals surface area contributed by atoms with E-state index in [0.29, 0.717) is 13.0 Å². The summed E-state index contributed by atoms with van der Waals surface area (Å²) in [5.41, 5.74) is 0.779. The highest BCUT2D eigenvalue weighted by Crippen LogP contribution is 2.27. The van der Waals surface area contributed by atoms with E-state index >= 15 is 0 Å². The van der Waals surface area contributed by atoms with Crippen LogP contribution < -0.4 is 10.1 Å². The third-order valence-corrected chi connectivity index (χ3v) is 4.66. The number of amides is 1. The van der Waals surface area contributed by atoms with Crippen LogP contribution in [0.3, 0.4) is 0 Å². The number of thiophene rings is 1. The largest absolute Gasteiger partial charge is 0.494 e. The highest BCUT2D eigenvalue weighted by molar-refractivity contribution is 7.10. The molecule has 0 spiro atoms. The molecule has 0 saturated carbocycles. The van der Waals surface area contributed by atoms with E-state index in [-0.39, 0.29) is 11.9 Å². The second-order valence-electron chi connectivity index (χ2n) is 5.37. The van der Waals surface area contributed by atoms with Gasteiger partial charge in [0.1, 0.15) is 5.75 Å². The summed E-state index contributed by atoms with van der Waals surface area (Å²) in [4.78, 5) is 13.6. The monoisotopic (exact) mass is 340 g/mol. The van der Waals surface area contributed by atoms with Gasteiger partial charge in [0.05, 0.1) is 19.1 Å². The molecule has 0 fully saturated rings. The Morgan fingerprint density at radius 3 is 2.54 bits per heavy atom. The van der Waals surface area contributed by atoms with Crippen molar-refractivity contribution in [3.8, 4) is 5.75 Å². The van der Waals surface area contributed by atoms with Crippen molar-refractivity contribution in [2.24, 2.45) is 0 Å². The van der Waals surface area contributed by atoms with Crippen molar-refractivity contribution in [1.82, 2.24) is 4.57 Å². The van der Waals surface area contributed by atoms with Crippen LogP contribution in [0, 0.1) is 0 Å². The zero-order valence-electron chi connectivity index (χ0n) is 13.5. The summed E-state index contributed by atoms with van der Waals surface area (Å²) in [5.74, 6) is 0.797. The zero-order chi connectivity index (χ0) is 16.8. The standard InChI is InChI=1S/C19H20N2O2S/c1-2-23-16-9-7-15(8-10-16)20-19(22)14-17(18-6-5-13-24-18)21-11-3-4-12-21/h3-13,17H,2,14H2,1H3,(H,20,22)/t17-/m0/s1. The molecule has 1 N–H and O–H groups in total. The van der Waals surface area contributed by atoms with Crippen LogP contribution in [-0.4, -0.2) is 17.1 Å². The molecule has 24 heavy (non-hydrogen) atoms. The molecule has 0 aliphatic rings. The van der Waals surface area contributed by atoms with Crippen LogP contribution >= 0.6 is 11.3 Å². The summed E-state index contributed by atoms with van der Waals surface area (Å²) in [6.45, 7) is 2.58. The van der Waals surface area contributed by atoms with Crippen LogP contribution in [0.1, 0.15) is 24.3 Å². The van der Waals surface area contributed by atoms with Gasteiger partial charge >= 0.3 is 0 Å². The number of rotatable bonds is 7. The molecule has 0 saturated heterocycles. The minimum Gasteiger partial charge on any atom is -0.494 e. The van der Waals surface area contributed by atoms with Gasteiger partial charge < -0.3 is 14.6 Å². The lowest BCUT2D eigenvalue weighted by atomic mass is 10.1. The molecule has 2 heterocycles. The van der Waals surface area contributed by atoms with Gasteiger partial charge in [-0.25, -0.2) is 0 Å². The molecule has 3 rings (SSSR count). The van der Waals surface area contributed by atoms with Crippen molar-refractivity contribution in [3.05, 3.63) is 71.2 Å². The number of nitrogens with one attached hydrogen (secondary N) is 1. The van der Waals surface area contributed by atoms with Gasteiger partial charge in [0.15, 0.2) is 0 Å². The number of ether oxygens (including phenoxy) is 1. The summed E-state index contributed by atoms with van der Waals surface area (Å²) in [6.07, 6.45) is 4.38. The van der Waals surface area contributed by atoms with E-state index in [9.17, 15) is 4.79 Å². The Morgan fingerprint density at radius 1 is 1.17 bits per heavy atom. The summed E-state index contributed by atoms with van der Waals surface area (Å²) in [6, 6.07) is 15.5. The SMILES string of the molecule is CCOc1ccc(NC(=O)C[C@@H](c2cccs2)n2cccc2)cc1. The van der Waals surface area contributed by atoms with Crippen LogP contribution in [0.25, 0.3) is 0 Å². The normalized spacial score (nSPS) is 11.9. The summed E-state index contributed by atoms with van der Waals surface area (Å²) in [5, 5.41) is 5.00. The Balaban J connectivity index is 1.67. The number of nitrogens with zero attached hydrogens (tertiary/aromatic N) is 1. The number of anilines is 1. The predicted molar refractivity (Wildman–Crippen MR) is 97.7 cm³/mol. The van der Waals surface area contributed by atoms with E-state index in [4.69, 9.17) is 4.74 Å². The van der Waals surface area contributed by atoms with E-state index in [1.165, 1.54) is 4.88 Å². The van der Waals surface area contributed by atoms with Crippen molar-refractivity contribution >= 4 is 22.9 Å². The maximum Gasteiger partial charge on any atom is 0.226 e. The first-order valence-corrected chi connectivity index (χ1v) is 8.83. The van der Waals surface area contributed by atoms with Crippen LogP contribution in [0.2, 0.25) is 0 Å². The summed E-state index contributed by atoms with van der Waals surface area (Å²) in [7, 11) is 0. The van der Waals surface area contributed by atoms with Gasteiger partial charge in [-0.2, -0.15) is 0 Å². The number of hydrogen-bond donors (Lipinski definition) is 1. The highest BCUT2D eigenvalue weighted by atomic mass is 32.1. The maximum atomic E-state index is 12.5. The number of aromatic nitrogens is 1. The molecular weight excluding hydrogens is 320 g/mol. The van der Waals surface area contributed by atoms with Gasteiger partial charge in [-0.3, -0.25) is 4.79 Å². The molecule has 0 bridgehead atoms. The lowest BCUT2D eigenvalue weighted by molar-refractivity contribution is -0.116. The molecule has 1 amide bonds. The molecule has 0 aliphatic heterocycles. The average Bonchev–Trinajstić information content (AvgIpc) is 3.29. The van der Waals surface area contributed by atoms with Crippen LogP contribution in [-0.2, 0) is 4.79 Å². The second-order valence-corrected chi connectivity index (χ2v) is 6.35. The van der Waals surface area contributed by atoms with Gasteiger partial charge in [-0.1, -0.05) is 6.07 Å². The van der Waals surface area contributed by atoms with E-state index < -0.39 is 0 Å². The summed E-state index contributed by atoms with van der Waals surface area (Å²) >= 11 is 1.67. The minimum absolute atomic E-state index is 0.00809. The zero-order valence-corrected chi connectivity index (χ0v) is 14.3. The molecule has 124 valence electrons. The Hall–Kier alpha value is -2.53. The average molecular weight is 340 g/mol. The van der Waals surface area contributed by atoms with Crippen molar-refractivity contribution in [3.63, 3.8) is 0 Å². The maximum absolute atomic E-state index is 12.5. The van der Waals surface area contributed by atoms with Crippen molar-refractivity contribution in [2.75, 3.05) is 11.9 Å². The van der Waals surface area contributed by atoms with Gasteiger partial charge in [-0.15, -0.1) is 11.3 Å². The molecule has 3 aromatic rings. The molecule has 0 aliphatic carbocycles. The predicted octanol–water partition coefficient (Wildman–Crippen LogP) is 4.57. The van der Waals surface area contributed by atoms with Crippen molar-refractivity contribution < 1.29 is 9.53 Å². The van der Waals surface area contributed by atoms with Crippen LogP contribution in [0.5, 0.6) is 5.75 Å². The van der Waals surface area contributed by atoms with Crippen molar-refractivity contribution in [1.29, 1.82) is 0 Å². The first kappa shape index (κ1) is 16.3. The molecule has 5 heteroatoms. The minimum atomic E-state index is -0.00809. The third kappa shape index (κ3) is 4.06. The smallest absolute Gasteiger partial charge is 0.226 e. The molecule has 0 radical (unpaired) electrons. The van der Waals surface area contributed by atoms with Crippen LogP contribution in [0.15, 0.2) is 66.3 Å². The summed E-state index contributed by atoms with van der Waals surface area (Å²) < 4.78 is 7.49. The van der Waals surface area contributed by atoms with Crippen LogP contribution in [0.4, 0.5) is 5.69 Å². The lowest BCUT2D eigenvalue weighted by Crippen LogP contribution is -2.19. The van der Waals surface area contributed by atoms with Crippen molar-refractivity contribution in [2.45, 2.75) is 19.4 Å². The Kier molecular flexibility index (Phi) is 5.33. The van der Waals surface area contributed by atoms with E-state index in [1.54, 1.807) is 11.3 Å². The molecule has 1 aromatic carbocycles. The van der Waals surface area contributed by atoms with Gasteiger partial charge in [0, 0.05) is 23.0 Å². The quantitative estimate of drug-likeness (QED) is 0.685.